The summed E-state index contributed by atoms with van der Waals surface area (Å²) < 4.78 is 5.25. The van der Waals surface area contributed by atoms with E-state index in [1.807, 2.05) is 7.05 Å². The maximum Gasteiger partial charge on any atom is 0.340 e. The number of nitro benzene ring substituents is 1. The van der Waals surface area contributed by atoms with E-state index in [9.17, 15) is 14.9 Å². The molecule has 1 fully saturated rings. The number of cyclic esters (lactones) is 1. The molecule has 1 aromatic rings. The topological polar surface area (TPSA) is 75.9 Å². The predicted octanol–water partition coefficient (Wildman–Crippen LogP) is 0.886. The predicted molar refractivity (Wildman–Crippen MR) is 72.0 cm³/mol. The van der Waals surface area contributed by atoms with E-state index in [4.69, 9.17) is 4.74 Å². The standard InChI is InChI=1S/C13H15N3O4/c1-14-4-5-15-10(7-14)8-20-13(17)11-6-9(16(18)19)2-3-12(11)15/h2-3,6,10H,4-5,7-8H2,1H3. The summed E-state index contributed by atoms with van der Waals surface area (Å²) >= 11 is 0. The number of rotatable bonds is 1. The molecule has 0 spiro atoms. The minimum absolute atomic E-state index is 0.0896. The monoisotopic (exact) mass is 277 g/mol. The first kappa shape index (κ1) is 12.9. The van der Waals surface area contributed by atoms with Crippen molar-refractivity contribution in [1.82, 2.24) is 4.90 Å². The summed E-state index contributed by atoms with van der Waals surface area (Å²) in [5.41, 5.74) is 0.927. The largest absolute Gasteiger partial charge is 0.460 e. The van der Waals surface area contributed by atoms with Crippen molar-refractivity contribution in [3.8, 4) is 0 Å². The van der Waals surface area contributed by atoms with Gasteiger partial charge in [-0.25, -0.2) is 4.79 Å². The fourth-order valence-electron chi connectivity index (χ4n) is 2.77. The average Bonchev–Trinajstić information content (AvgIpc) is 2.56. The summed E-state index contributed by atoms with van der Waals surface area (Å²) in [5.74, 6) is -0.485. The molecule has 2 aliphatic rings. The quantitative estimate of drug-likeness (QED) is 0.431. The molecule has 1 unspecified atom stereocenters. The highest BCUT2D eigenvalue weighted by Crippen LogP contribution is 2.31. The molecule has 2 aliphatic heterocycles. The molecule has 0 amide bonds. The van der Waals surface area contributed by atoms with Crippen molar-refractivity contribution in [3.05, 3.63) is 33.9 Å². The molecule has 0 saturated carbocycles. The Hall–Kier alpha value is -2.15. The van der Waals surface area contributed by atoms with E-state index in [-0.39, 0.29) is 17.3 Å². The van der Waals surface area contributed by atoms with Crippen LogP contribution in [0.25, 0.3) is 0 Å². The van der Waals surface area contributed by atoms with Gasteiger partial charge in [0.2, 0.25) is 0 Å². The molecule has 1 atom stereocenters. The highest BCUT2D eigenvalue weighted by Gasteiger charge is 2.33. The number of piperazine rings is 1. The Morgan fingerprint density at radius 1 is 1.40 bits per heavy atom. The van der Waals surface area contributed by atoms with Crippen LogP contribution in [0.3, 0.4) is 0 Å². The minimum atomic E-state index is -0.500. The Bertz CT molecular complexity index is 575. The van der Waals surface area contributed by atoms with Crippen LogP contribution in [-0.4, -0.2) is 55.1 Å². The lowest BCUT2D eigenvalue weighted by molar-refractivity contribution is -0.384. The van der Waals surface area contributed by atoms with Gasteiger partial charge < -0.3 is 14.5 Å². The van der Waals surface area contributed by atoms with Crippen molar-refractivity contribution < 1.29 is 14.5 Å². The van der Waals surface area contributed by atoms with E-state index in [0.29, 0.717) is 6.61 Å². The molecule has 106 valence electrons. The van der Waals surface area contributed by atoms with E-state index in [2.05, 4.69) is 9.80 Å². The average molecular weight is 277 g/mol. The van der Waals surface area contributed by atoms with Crippen LogP contribution >= 0.6 is 0 Å². The van der Waals surface area contributed by atoms with Gasteiger partial charge in [0.25, 0.3) is 5.69 Å². The van der Waals surface area contributed by atoms with Gasteiger partial charge in [0.1, 0.15) is 6.61 Å². The van der Waals surface area contributed by atoms with Gasteiger partial charge in [-0.2, -0.15) is 0 Å². The van der Waals surface area contributed by atoms with Crippen LogP contribution in [0.2, 0.25) is 0 Å². The first-order valence-electron chi connectivity index (χ1n) is 6.47. The number of nitro groups is 1. The van der Waals surface area contributed by atoms with Gasteiger partial charge in [0.15, 0.2) is 0 Å². The number of hydrogen-bond acceptors (Lipinski definition) is 6. The van der Waals surface area contributed by atoms with Crippen molar-refractivity contribution in [2.75, 3.05) is 38.2 Å². The van der Waals surface area contributed by atoms with Gasteiger partial charge in [-0.15, -0.1) is 0 Å². The van der Waals surface area contributed by atoms with Gasteiger partial charge in [-0.05, 0) is 13.1 Å². The molecule has 20 heavy (non-hydrogen) atoms. The van der Waals surface area contributed by atoms with E-state index in [0.717, 1.165) is 25.3 Å². The van der Waals surface area contributed by atoms with E-state index in [1.54, 1.807) is 6.07 Å². The summed E-state index contributed by atoms with van der Waals surface area (Å²) in [6.45, 7) is 2.79. The minimum Gasteiger partial charge on any atom is -0.460 e. The Morgan fingerprint density at radius 3 is 2.95 bits per heavy atom. The van der Waals surface area contributed by atoms with Gasteiger partial charge in [0.05, 0.1) is 22.2 Å². The third-order valence-electron chi connectivity index (χ3n) is 3.81. The Balaban J connectivity index is 2.04. The molecule has 7 heteroatoms. The Morgan fingerprint density at radius 2 is 2.20 bits per heavy atom. The van der Waals surface area contributed by atoms with Crippen molar-refractivity contribution in [3.63, 3.8) is 0 Å². The maximum atomic E-state index is 12.0. The fourth-order valence-corrected chi connectivity index (χ4v) is 2.77. The third-order valence-corrected chi connectivity index (χ3v) is 3.81. The summed E-state index contributed by atoms with van der Waals surface area (Å²) in [7, 11) is 2.03. The van der Waals surface area contributed by atoms with Crippen LogP contribution in [0.4, 0.5) is 11.4 Å². The van der Waals surface area contributed by atoms with Gasteiger partial charge in [-0.3, -0.25) is 10.1 Å². The van der Waals surface area contributed by atoms with E-state index >= 15 is 0 Å². The number of carbonyl (C=O) groups excluding carboxylic acids is 1. The normalized spacial score (nSPS) is 22.6. The molecule has 0 bridgehead atoms. The zero-order valence-electron chi connectivity index (χ0n) is 11.1. The van der Waals surface area contributed by atoms with Crippen molar-refractivity contribution in [2.24, 2.45) is 0 Å². The van der Waals surface area contributed by atoms with Gasteiger partial charge in [-0.1, -0.05) is 0 Å². The van der Waals surface area contributed by atoms with Crippen LogP contribution in [0.5, 0.6) is 0 Å². The number of anilines is 1. The smallest absolute Gasteiger partial charge is 0.340 e. The first-order valence-corrected chi connectivity index (χ1v) is 6.47. The molecule has 2 heterocycles. The lowest BCUT2D eigenvalue weighted by Crippen LogP contribution is -2.53. The molecule has 0 N–H and O–H groups in total. The Kier molecular flexibility index (Phi) is 3.06. The number of hydrogen-bond donors (Lipinski definition) is 0. The van der Waals surface area contributed by atoms with Crippen molar-refractivity contribution in [1.29, 1.82) is 0 Å². The lowest BCUT2D eigenvalue weighted by Gasteiger charge is -2.40. The van der Waals surface area contributed by atoms with Crippen LogP contribution in [0.15, 0.2) is 18.2 Å². The SMILES string of the molecule is CN1CCN2c3ccc([N+](=O)[O-])cc3C(=O)OCC2C1. The Labute approximate surface area is 115 Å². The number of fused-ring (bicyclic) bond motifs is 3. The van der Waals surface area contributed by atoms with Crippen LogP contribution in [0.1, 0.15) is 10.4 Å². The lowest BCUT2D eigenvalue weighted by atomic mass is 10.1. The zero-order chi connectivity index (χ0) is 14.3. The third kappa shape index (κ3) is 2.09. The van der Waals surface area contributed by atoms with Crippen molar-refractivity contribution in [2.45, 2.75) is 6.04 Å². The molecular weight excluding hydrogens is 262 g/mol. The zero-order valence-corrected chi connectivity index (χ0v) is 11.1. The fraction of sp³-hybridized carbons (Fsp3) is 0.462. The highest BCUT2D eigenvalue weighted by atomic mass is 16.6. The molecule has 1 aromatic carbocycles. The molecule has 0 radical (unpaired) electrons. The second kappa shape index (κ2) is 4.75. The molecule has 0 aromatic heterocycles. The van der Waals surface area contributed by atoms with Gasteiger partial charge in [0, 0.05) is 31.8 Å². The molecule has 7 nitrogen and oxygen atoms in total. The van der Waals surface area contributed by atoms with E-state index < -0.39 is 10.9 Å². The van der Waals surface area contributed by atoms with Crippen LogP contribution in [-0.2, 0) is 4.74 Å². The number of benzene rings is 1. The second-order valence-corrected chi connectivity index (χ2v) is 5.17. The summed E-state index contributed by atoms with van der Waals surface area (Å²) in [4.78, 5) is 26.7. The van der Waals surface area contributed by atoms with Crippen LogP contribution in [0, 0.1) is 10.1 Å². The summed E-state index contributed by atoms with van der Waals surface area (Å²) in [5, 5.41) is 10.8. The number of likely N-dealkylation sites (N-methyl/N-ethyl adjacent to an activating group) is 1. The summed E-state index contributed by atoms with van der Waals surface area (Å²) in [6.07, 6.45) is 0. The number of esters is 1. The number of nitrogens with zero attached hydrogens (tertiary/aromatic N) is 3. The van der Waals surface area contributed by atoms with Crippen LogP contribution < -0.4 is 4.90 Å². The summed E-state index contributed by atoms with van der Waals surface area (Å²) in [6, 6.07) is 4.49. The second-order valence-electron chi connectivity index (χ2n) is 5.17. The maximum absolute atomic E-state index is 12.0. The highest BCUT2D eigenvalue weighted by molar-refractivity contribution is 5.97. The number of ether oxygens (including phenoxy) is 1. The molecular formula is C13H15N3O4. The number of carbonyl (C=O) groups is 1. The molecule has 3 rings (SSSR count). The molecule has 0 aliphatic carbocycles. The first-order chi connectivity index (χ1) is 9.56. The molecule has 1 saturated heterocycles. The van der Waals surface area contributed by atoms with E-state index in [1.165, 1.54) is 12.1 Å². The van der Waals surface area contributed by atoms with Gasteiger partial charge >= 0.3 is 5.97 Å². The van der Waals surface area contributed by atoms with Crippen molar-refractivity contribution >= 4 is 17.3 Å². The number of non-ortho nitro benzene ring substituents is 1.